The van der Waals surface area contributed by atoms with E-state index in [1.165, 1.54) is 12.2 Å². The highest BCUT2D eigenvalue weighted by Crippen LogP contribution is 2.24. The van der Waals surface area contributed by atoms with Crippen LogP contribution in [0.15, 0.2) is 48.6 Å². The van der Waals surface area contributed by atoms with E-state index >= 15 is 0 Å². The fourth-order valence-corrected chi connectivity index (χ4v) is 4.57. The lowest BCUT2D eigenvalue weighted by molar-refractivity contribution is -0.117. The quantitative estimate of drug-likeness (QED) is 0.245. The highest BCUT2D eigenvalue weighted by Gasteiger charge is 2.16. The number of piperazine rings is 1. The van der Waals surface area contributed by atoms with Gasteiger partial charge in [-0.25, -0.2) is 0 Å². The van der Waals surface area contributed by atoms with Crippen LogP contribution in [-0.2, 0) is 9.59 Å². The van der Waals surface area contributed by atoms with Gasteiger partial charge in [-0.05, 0) is 73.5 Å². The van der Waals surface area contributed by atoms with Gasteiger partial charge in [0.2, 0.25) is 11.8 Å². The highest BCUT2D eigenvalue weighted by molar-refractivity contribution is 6.42. The molecule has 0 unspecified atom stereocenters. The van der Waals surface area contributed by atoms with Crippen LogP contribution in [-0.4, -0.2) is 74.0 Å². The number of amides is 2. The second-order valence-electron chi connectivity index (χ2n) is 8.99. The normalized spacial score (nSPS) is 14.8. The lowest BCUT2D eigenvalue weighted by atomic mass is 10.2. The van der Waals surface area contributed by atoms with Crippen molar-refractivity contribution in [1.82, 2.24) is 20.4 Å². The van der Waals surface area contributed by atoms with E-state index < -0.39 is 0 Å². The van der Waals surface area contributed by atoms with Gasteiger partial charge in [0.25, 0.3) is 0 Å². The maximum absolute atomic E-state index is 12.0. The van der Waals surface area contributed by atoms with E-state index in [0.29, 0.717) is 33.2 Å². The van der Waals surface area contributed by atoms with Crippen LogP contribution in [0.5, 0.6) is 0 Å². The van der Waals surface area contributed by atoms with Crippen LogP contribution in [0.4, 0.5) is 0 Å². The maximum Gasteiger partial charge on any atom is 0.243 e. The number of carbonyl (C=O) groups is 2. The summed E-state index contributed by atoms with van der Waals surface area (Å²) in [6.07, 6.45) is 8.25. The first-order valence-electron chi connectivity index (χ1n) is 12.6. The molecule has 0 spiro atoms. The monoisotopic (exact) mass is 596 g/mol. The largest absolute Gasteiger partial charge is 0.353 e. The van der Waals surface area contributed by atoms with Gasteiger partial charge in [-0.15, -0.1) is 0 Å². The van der Waals surface area contributed by atoms with Gasteiger partial charge in [0, 0.05) is 51.4 Å². The Kier molecular flexibility index (Phi) is 12.9. The molecule has 0 aromatic heterocycles. The molecule has 0 saturated carbocycles. The molecule has 2 aromatic rings. The molecular weight excluding hydrogens is 566 g/mol. The highest BCUT2D eigenvalue weighted by atomic mass is 35.5. The van der Waals surface area contributed by atoms with Crippen molar-refractivity contribution in [3.8, 4) is 0 Å². The number of benzene rings is 2. The Hall–Kier alpha value is -2.06. The van der Waals surface area contributed by atoms with E-state index in [1.807, 2.05) is 12.1 Å². The molecule has 1 aliphatic heterocycles. The average Bonchev–Trinajstić information content (AvgIpc) is 2.91. The van der Waals surface area contributed by atoms with Gasteiger partial charge < -0.3 is 20.4 Å². The number of nitrogens with zero attached hydrogens (tertiary/aromatic N) is 2. The summed E-state index contributed by atoms with van der Waals surface area (Å²) in [5.74, 6) is -0.254. The van der Waals surface area contributed by atoms with Crippen LogP contribution >= 0.6 is 46.4 Å². The minimum atomic E-state index is -0.127. The number of rotatable bonds is 12. The van der Waals surface area contributed by atoms with Crippen molar-refractivity contribution in [3.63, 3.8) is 0 Å². The van der Waals surface area contributed by atoms with E-state index in [0.717, 1.165) is 63.2 Å². The molecule has 2 amide bonds. The molecule has 0 radical (unpaired) electrons. The first-order valence-corrected chi connectivity index (χ1v) is 14.1. The van der Waals surface area contributed by atoms with Gasteiger partial charge in [0.1, 0.15) is 0 Å². The van der Waals surface area contributed by atoms with Gasteiger partial charge in [-0.2, -0.15) is 0 Å². The third kappa shape index (κ3) is 11.0. The van der Waals surface area contributed by atoms with Crippen molar-refractivity contribution < 1.29 is 9.59 Å². The van der Waals surface area contributed by atoms with Crippen LogP contribution in [0, 0.1) is 0 Å². The van der Waals surface area contributed by atoms with Crippen LogP contribution in [0.25, 0.3) is 12.2 Å². The Morgan fingerprint density at radius 1 is 0.658 bits per heavy atom. The molecule has 204 valence electrons. The van der Waals surface area contributed by atoms with Gasteiger partial charge in [-0.3, -0.25) is 9.59 Å². The minimum Gasteiger partial charge on any atom is -0.353 e. The lowest BCUT2D eigenvalue weighted by Crippen LogP contribution is -2.47. The summed E-state index contributed by atoms with van der Waals surface area (Å²) in [5.41, 5.74) is 1.65. The molecule has 2 aromatic carbocycles. The second-order valence-corrected chi connectivity index (χ2v) is 10.6. The Bertz CT molecular complexity index is 1060. The summed E-state index contributed by atoms with van der Waals surface area (Å²) in [6.45, 7) is 7.17. The third-order valence-electron chi connectivity index (χ3n) is 6.11. The topological polar surface area (TPSA) is 64.7 Å². The van der Waals surface area contributed by atoms with Crippen LogP contribution in [0.3, 0.4) is 0 Å². The van der Waals surface area contributed by atoms with E-state index in [1.54, 1.807) is 36.4 Å². The van der Waals surface area contributed by atoms with E-state index in [-0.39, 0.29) is 11.8 Å². The van der Waals surface area contributed by atoms with Crippen molar-refractivity contribution in [2.24, 2.45) is 0 Å². The van der Waals surface area contributed by atoms with Crippen molar-refractivity contribution in [3.05, 3.63) is 79.8 Å². The average molecular weight is 598 g/mol. The molecule has 0 aliphatic carbocycles. The molecule has 3 rings (SSSR count). The minimum absolute atomic E-state index is 0.127. The molecule has 1 heterocycles. The molecule has 1 fully saturated rings. The zero-order valence-electron chi connectivity index (χ0n) is 21.1. The Morgan fingerprint density at radius 3 is 1.42 bits per heavy atom. The summed E-state index contributed by atoms with van der Waals surface area (Å²) in [7, 11) is 0. The number of hydrogen-bond acceptors (Lipinski definition) is 4. The third-order valence-corrected chi connectivity index (χ3v) is 7.59. The van der Waals surface area contributed by atoms with Gasteiger partial charge in [0.15, 0.2) is 0 Å². The number of hydrogen-bond donors (Lipinski definition) is 2. The molecule has 38 heavy (non-hydrogen) atoms. The molecule has 0 bridgehead atoms. The predicted octanol–water partition coefficient (Wildman–Crippen LogP) is 5.66. The smallest absolute Gasteiger partial charge is 0.243 e. The zero-order chi connectivity index (χ0) is 27.3. The van der Waals surface area contributed by atoms with Crippen molar-refractivity contribution >= 4 is 70.4 Å². The van der Waals surface area contributed by atoms with Gasteiger partial charge in [0.05, 0.1) is 20.1 Å². The number of nitrogens with one attached hydrogen (secondary N) is 2. The summed E-state index contributed by atoms with van der Waals surface area (Å²) in [5, 5.41) is 7.75. The summed E-state index contributed by atoms with van der Waals surface area (Å²) in [6, 6.07) is 10.5. The number of halogens is 4. The second kappa shape index (κ2) is 16.1. The first kappa shape index (κ1) is 30.5. The summed E-state index contributed by atoms with van der Waals surface area (Å²) in [4.78, 5) is 28.9. The molecule has 0 atom stereocenters. The molecule has 10 heteroatoms. The van der Waals surface area contributed by atoms with Gasteiger partial charge in [-0.1, -0.05) is 58.5 Å². The SMILES string of the molecule is O=C(C=Cc1ccc(Cl)c(Cl)c1)NCCCN1CCN(CCCNC(=O)C=Cc2ccc(Cl)c(Cl)c2)CC1. The van der Waals surface area contributed by atoms with Crippen molar-refractivity contribution in [1.29, 1.82) is 0 Å². The molecule has 1 aliphatic rings. The Morgan fingerprint density at radius 2 is 1.05 bits per heavy atom. The molecule has 6 nitrogen and oxygen atoms in total. The van der Waals surface area contributed by atoms with Gasteiger partial charge >= 0.3 is 0 Å². The standard InChI is InChI=1S/C28H32Cl4N4O2/c29-23-7-3-21(19-25(23)31)5-9-27(37)33-11-1-13-35-15-17-36(18-16-35)14-2-12-34-28(38)10-6-22-4-8-24(30)26(32)20-22/h3-10,19-20H,1-2,11-18H2,(H,33,37)(H,34,38). The van der Waals surface area contributed by atoms with E-state index in [2.05, 4.69) is 20.4 Å². The lowest BCUT2D eigenvalue weighted by Gasteiger charge is -2.34. The van der Waals surface area contributed by atoms with Crippen LogP contribution in [0.2, 0.25) is 20.1 Å². The van der Waals surface area contributed by atoms with Crippen molar-refractivity contribution in [2.75, 3.05) is 52.4 Å². The van der Waals surface area contributed by atoms with Crippen LogP contribution in [0.1, 0.15) is 24.0 Å². The predicted molar refractivity (Wildman–Crippen MR) is 159 cm³/mol. The summed E-state index contributed by atoms with van der Waals surface area (Å²) < 4.78 is 0. The Balaban J connectivity index is 1.21. The molecular formula is C28H32Cl4N4O2. The molecule has 2 N–H and O–H groups in total. The van der Waals surface area contributed by atoms with Crippen LogP contribution < -0.4 is 10.6 Å². The maximum atomic E-state index is 12.0. The first-order chi connectivity index (χ1) is 18.3. The molecule has 1 saturated heterocycles. The Labute approximate surface area is 244 Å². The summed E-state index contributed by atoms with van der Waals surface area (Å²) >= 11 is 23.8. The zero-order valence-corrected chi connectivity index (χ0v) is 24.1. The number of carbonyl (C=O) groups excluding carboxylic acids is 2. The fraction of sp³-hybridized carbons (Fsp3) is 0.357. The van der Waals surface area contributed by atoms with E-state index in [9.17, 15) is 9.59 Å². The van der Waals surface area contributed by atoms with E-state index in [4.69, 9.17) is 46.4 Å². The fourth-order valence-electron chi connectivity index (χ4n) is 3.96. The van der Waals surface area contributed by atoms with Crippen molar-refractivity contribution in [2.45, 2.75) is 12.8 Å².